The third kappa shape index (κ3) is 14.8. The highest BCUT2D eigenvalue weighted by atomic mass is 16.6. The maximum atomic E-state index is 9.07. The van der Waals surface area contributed by atoms with Crippen molar-refractivity contribution in [3.05, 3.63) is 72.8 Å². The van der Waals surface area contributed by atoms with E-state index >= 15 is 0 Å². The van der Waals surface area contributed by atoms with Crippen molar-refractivity contribution in [3.63, 3.8) is 0 Å². The number of benzene rings is 4. The molecule has 2 aliphatic heterocycles. The van der Waals surface area contributed by atoms with E-state index in [0.29, 0.717) is 166 Å². The molecule has 426 valence electrons. The van der Waals surface area contributed by atoms with Gasteiger partial charge >= 0.3 is 0 Å². The highest BCUT2D eigenvalue weighted by Crippen LogP contribution is 2.44. The first-order valence-corrected chi connectivity index (χ1v) is 26.5. The van der Waals surface area contributed by atoms with Gasteiger partial charge in [0.05, 0.1) is 154 Å². The van der Waals surface area contributed by atoms with Gasteiger partial charge < -0.3 is 87.2 Å². The average Bonchev–Trinajstić information content (AvgIpc) is 4.31. The molecule has 7 aromatic rings. The van der Waals surface area contributed by atoms with Crippen molar-refractivity contribution in [2.24, 2.45) is 0 Å². The van der Waals surface area contributed by atoms with Crippen molar-refractivity contribution < 1.29 is 77.3 Å². The zero-order valence-electron chi connectivity index (χ0n) is 44.3. The van der Waals surface area contributed by atoms with Crippen LogP contribution < -0.4 is 18.9 Å². The molecule has 0 radical (unpaired) electrons. The van der Waals surface area contributed by atoms with Gasteiger partial charge in [-0.3, -0.25) is 0 Å². The van der Waals surface area contributed by atoms with Crippen LogP contribution in [-0.4, -0.2) is 219 Å². The van der Waals surface area contributed by atoms with Crippen LogP contribution in [0.1, 0.15) is 0 Å². The quantitative estimate of drug-likeness (QED) is 0.0295. The highest BCUT2D eigenvalue weighted by Gasteiger charge is 2.27. The third-order valence-corrected chi connectivity index (χ3v) is 12.2. The van der Waals surface area contributed by atoms with Crippen molar-refractivity contribution >= 4 is 44.1 Å². The Balaban J connectivity index is 1.19. The smallest absolute Gasteiger partial charge is 0.168 e. The molecule has 0 fully saturated rings. The van der Waals surface area contributed by atoms with E-state index in [0.717, 1.165) is 0 Å². The molecular formula is C56H66N8O16. The summed E-state index contributed by atoms with van der Waals surface area (Å²) in [6.45, 7) is 5.10. The van der Waals surface area contributed by atoms with Crippen LogP contribution >= 0.6 is 0 Å². The molecule has 24 nitrogen and oxygen atoms in total. The number of nitrogens with zero attached hydrogens (tertiary/aromatic N) is 6. The number of ether oxygens (including phenoxy) is 12. The van der Waals surface area contributed by atoms with Crippen LogP contribution in [0.4, 0.5) is 0 Å². The minimum atomic E-state index is -0.0693. The number of rotatable bonds is 36. The number of fused-ring (bicyclic) bond motifs is 20. The summed E-state index contributed by atoms with van der Waals surface area (Å²) >= 11 is 0. The standard InChI is InChI=1S/C56H66N8O16/c65-13-17-69-21-25-73-29-33-77-41-9-1-5-37-45(41)53-57-49(37)61-54-46-38(6-2-10-42(46)78-34-30-74-26-22-70-18-14-66)51(58-54)63-56-48-40(8-4-12-44(48)80-36-32-76-28-24-72-20-16-68)52(60-56)64-55-47-39(50(59-55)62-53)7-3-11-43(47)79-35-31-75-27-23-71-19-15-67/h1-12,65-68H,13-36H2,(H2,57,58,59,60,61,62,63,64). The van der Waals surface area contributed by atoms with Gasteiger partial charge in [-0.2, -0.15) is 0 Å². The SMILES string of the molecule is OCCOCCOCCOc1cccc2c1-c1nc-2nc2[nH]c(nc3nc(nc4[nH]c(n1)c1cccc(OCCOCCOCCO)c41)-c1cccc(OCCOCCOCCO)c1-3)c1cccc(OCCOCCOCCO)c21. The first-order chi connectivity index (χ1) is 39.6. The second-order valence-electron chi connectivity index (χ2n) is 17.5. The van der Waals surface area contributed by atoms with Gasteiger partial charge in [-0.15, -0.1) is 0 Å². The fraction of sp³-hybridized carbons (Fsp3) is 0.429. The van der Waals surface area contributed by atoms with E-state index in [1.165, 1.54) is 0 Å². The zero-order chi connectivity index (χ0) is 55.1. The largest absolute Gasteiger partial charge is 0.490 e. The predicted octanol–water partition coefficient (Wildman–Crippen LogP) is 4.49. The number of aliphatic hydroxyl groups excluding tert-OH is 4. The van der Waals surface area contributed by atoms with Crippen LogP contribution in [0.2, 0.25) is 0 Å². The van der Waals surface area contributed by atoms with E-state index in [4.69, 9.17) is 107 Å². The minimum Gasteiger partial charge on any atom is -0.490 e. The number of aliphatic hydroxyl groups is 4. The third-order valence-electron chi connectivity index (χ3n) is 12.2. The molecule has 0 spiro atoms. The Labute approximate surface area is 459 Å². The lowest BCUT2D eigenvalue weighted by Gasteiger charge is -2.11. The van der Waals surface area contributed by atoms with Crippen LogP contribution in [0.3, 0.4) is 0 Å². The maximum Gasteiger partial charge on any atom is 0.168 e. The van der Waals surface area contributed by atoms with Gasteiger partial charge in [0.2, 0.25) is 0 Å². The molecule has 0 atom stereocenters. The summed E-state index contributed by atoms with van der Waals surface area (Å²) in [6.07, 6.45) is 0. The van der Waals surface area contributed by atoms with E-state index in [-0.39, 0.29) is 106 Å². The predicted molar refractivity (Wildman–Crippen MR) is 293 cm³/mol. The summed E-state index contributed by atoms with van der Waals surface area (Å²) in [4.78, 5) is 38.3. The van der Waals surface area contributed by atoms with Crippen molar-refractivity contribution in [1.29, 1.82) is 0 Å². The molecule has 8 bridgehead atoms. The molecule has 3 aromatic heterocycles. The zero-order valence-corrected chi connectivity index (χ0v) is 44.3. The summed E-state index contributed by atoms with van der Waals surface area (Å²) in [5, 5.41) is 38.9. The molecule has 9 rings (SSSR count). The second kappa shape index (κ2) is 30.5. The Morgan fingerprint density at radius 3 is 0.925 bits per heavy atom. The monoisotopic (exact) mass is 1110 g/mol. The Hall–Kier alpha value is -7.04. The lowest BCUT2D eigenvalue weighted by molar-refractivity contribution is 0.0247. The normalized spacial score (nSPS) is 11.8. The Morgan fingerprint density at radius 1 is 0.287 bits per heavy atom. The average molecular weight is 1110 g/mol. The Morgan fingerprint density at radius 2 is 0.575 bits per heavy atom. The van der Waals surface area contributed by atoms with Crippen molar-refractivity contribution in [3.8, 4) is 68.5 Å². The van der Waals surface area contributed by atoms with Gasteiger partial charge in [0, 0.05) is 21.9 Å². The first-order valence-electron chi connectivity index (χ1n) is 26.5. The topological polar surface area (TPSA) is 301 Å². The summed E-state index contributed by atoms with van der Waals surface area (Å²) in [6, 6.07) is 22.5. The molecule has 0 saturated heterocycles. The Kier molecular flexibility index (Phi) is 22.0. The highest BCUT2D eigenvalue weighted by molar-refractivity contribution is 6.10. The molecule has 0 saturated carbocycles. The number of H-pyrrole nitrogens is 2. The fourth-order valence-corrected chi connectivity index (χ4v) is 8.73. The molecule has 6 N–H and O–H groups in total. The fourth-order valence-electron chi connectivity index (χ4n) is 8.73. The van der Waals surface area contributed by atoms with Crippen molar-refractivity contribution in [2.75, 3.05) is 159 Å². The summed E-state index contributed by atoms with van der Waals surface area (Å²) in [5.41, 5.74) is 4.08. The van der Waals surface area contributed by atoms with Crippen LogP contribution in [0.15, 0.2) is 72.8 Å². The van der Waals surface area contributed by atoms with Gasteiger partial charge in [-0.05, 0) is 24.3 Å². The maximum absolute atomic E-state index is 9.07. The second-order valence-corrected chi connectivity index (χ2v) is 17.5. The molecule has 5 heterocycles. The van der Waals surface area contributed by atoms with E-state index < -0.39 is 0 Å². The lowest BCUT2D eigenvalue weighted by Crippen LogP contribution is -2.12. The van der Waals surface area contributed by atoms with Gasteiger partial charge in [0.15, 0.2) is 23.3 Å². The van der Waals surface area contributed by atoms with Gasteiger partial charge in [0.25, 0.3) is 0 Å². The number of aromatic amines is 2. The molecule has 0 aliphatic carbocycles. The summed E-state index contributed by atoms with van der Waals surface area (Å²) in [7, 11) is 0. The number of hydrogen-bond acceptors (Lipinski definition) is 22. The number of hydrogen-bond donors (Lipinski definition) is 6. The van der Waals surface area contributed by atoms with Crippen LogP contribution in [0.5, 0.6) is 23.0 Å². The molecular weight excluding hydrogens is 1040 g/mol. The Bertz CT molecular complexity index is 3060. The summed E-state index contributed by atoms with van der Waals surface area (Å²) < 4.78 is 70.2. The molecule has 4 aromatic carbocycles. The van der Waals surface area contributed by atoms with Crippen LogP contribution in [-0.2, 0) is 37.9 Å². The minimum absolute atomic E-state index is 0.0692. The van der Waals surface area contributed by atoms with Crippen molar-refractivity contribution in [2.45, 2.75) is 0 Å². The van der Waals surface area contributed by atoms with Crippen LogP contribution in [0.25, 0.3) is 89.7 Å². The van der Waals surface area contributed by atoms with Gasteiger partial charge in [-0.25, -0.2) is 29.9 Å². The molecule has 2 aliphatic rings. The van der Waals surface area contributed by atoms with Gasteiger partial charge in [-0.1, -0.05) is 48.5 Å². The molecule has 0 unspecified atom stereocenters. The van der Waals surface area contributed by atoms with Crippen molar-refractivity contribution in [1.82, 2.24) is 39.9 Å². The van der Waals surface area contributed by atoms with E-state index in [1.807, 2.05) is 72.8 Å². The van der Waals surface area contributed by atoms with E-state index in [9.17, 15) is 0 Å². The van der Waals surface area contributed by atoms with Crippen LogP contribution in [0, 0.1) is 0 Å². The van der Waals surface area contributed by atoms with E-state index in [2.05, 4.69) is 9.97 Å². The lowest BCUT2D eigenvalue weighted by atomic mass is 10.1. The molecule has 0 amide bonds. The molecule has 24 heteroatoms. The number of aromatic nitrogens is 8. The van der Waals surface area contributed by atoms with Gasteiger partial charge in [0.1, 0.15) is 72.0 Å². The summed E-state index contributed by atoms with van der Waals surface area (Å²) in [5.74, 6) is 3.26. The van der Waals surface area contributed by atoms with E-state index in [1.54, 1.807) is 0 Å². The number of nitrogens with one attached hydrogen (secondary N) is 2. The molecule has 80 heavy (non-hydrogen) atoms. The first kappa shape index (κ1) is 57.6.